The third kappa shape index (κ3) is 2.66. The van der Waals surface area contributed by atoms with E-state index >= 15 is 0 Å². The number of aromatic nitrogens is 4. The Bertz CT molecular complexity index is 622. The SMILES string of the molecule is CNc1nc(N(C)C2CCC(C)(C)CC2)c2cn[nH]c2n1. The standard InChI is InChI=1S/C15H24N6/c1-15(2)7-5-10(6-8-15)21(4)13-11-9-17-20-12(11)18-14(16-3)19-13/h9-10H,5-8H2,1-4H3,(H2,16,17,18,19,20). The number of nitrogens with zero attached hydrogens (tertiary/aromatic N) is 4. The highest BCUT2D eigenvalue weighted by Gasteiger charge is 2.30. The van der Waals surface area contributed by atoms with Crippen LogP contribution in [0.2, 0.25) is 0 Å². The summed E-state index contributed by atoms with van der Waals surface area (Å²) in [6.07, 6.45) is 6.76. The van der Waals surface area contributed by atoms with Crippen molar-refractivity contribution in [3.63, 3.8) is 0 Å². The Morgan fingerprint density at radius 1 is 1.29 bits per heavy atom. The molecule has 0 aliphatic heterocycles. The topological polar surface area (TPSA) is 69.7 Å². The molecule has 0 unspecified atom stereocenters. The lowest BCUT2D eigenvalue weighted by atomic mass is 9.75. The highest BCUT2D eigenvalue weighted by atomic mass is 15.3. The van der Waals surface area contributed by atoms with Gasteiger partial charge in [0.05, 0.1) is 11.6 Å². The van der Waals surface area contributed by atoms with Gasteiger partial charge in [0.25, 0.3) is 0 Å². The van der Waals surface area contributed by atoms with Gasteiger partial charge in [-0.1, -0.05) is 13.8 Å². The number of nitrogens with one attached hydrogen (secondary N) is 2. The molecule has 1 aliphatic carbocycles. The van der Waals surface area contributed by atoms with E-state index in [1.54, 1.807) is 0 Å². The predicted molar refractivity (Wildman–Crippen MR) is 85.7 cm³/mol. The highest BCUT2D eigenvalue weighted by Crippen LogP contribution is 2.38. The van der Waals surface area contributed by atoms with E-state index in [2.05, 4.69) is 51.3 Å². The molecule has 1 fully saturated rings. The Hall–Kier alpha value is -1.85. The van der Waals surface area contributed by atoms with Crippen LogP contribution < -0.4 is 10.2 Å². The lowest BCUT2D eigenvalue weighted by Gasteiger charge is -2.39. The van der Waals surface area contributed by atoms with Crippen LogP contribution in [-0.2, 0) is 0 Å². The fourth-order valence-electron chi connectivity index (χ4n) is 3.14. The minimum absolute atomic E-state index is 0.476. The lowest BCUT2D eigenvalue weighted by Crippen LogP contribution is -2.37. The summed E-state index contributed by atoms with van der Waals surface area (Å²) in [6.45, 7) is 4.72. The molecule has 1 saturated carbocycles. The summed E-state index contributed by atoms with van der Waals surface area (Å²) < 4.78 is 0. The van der Waals surface area contributed by atoms with Crippen molar-refractivity contribution < 1.29 is 0 Å². The minimum Gasteiger partial charge on any atom is -0.357 e. The molecule has 114 valence electrons. The Morgan fingerprint density at radius 2 is 2.00 bits per heavy atom. The van der Waals surface area contributed by atoms with E-state index in [1.807, 2.05) is 13.2 Å². The van der Waals surface area contributed by atoms with Crippen molar-refractivity contribution in [1.82, 2.24) is 20.2 Å². The van der Waals surface area contributed by atoms with Crippen LogP contribution in [0.25, 0.3) is 11.0 Å². The van der Waals surface area contributed by atoms with Crippen LogP contribution >= 0.6 is 0 Å². The molecule has 0 spiro atoms. The molecule has 0 aromatic carbocycles. The average molecular weight is 288 g/mol. The van der Waals surface area contributed by atoms with Crippen molar-refractivity contribution in [2.75, 3.05) is 24.3 Å². The summed E-state index contributed by atoms with van der Waals surface area (Å²) in [5.74, 6) is 1.59. The van der Waals surface area contributed by atoms with E-state index < -0.39 is 0 Å². The Balaban J connectivity index is 1.90. The second-order valence-electron chi connectivity index (χ2n) is 6.76. The first-order chi connectivity index (χ1) is 10.00. The maximum Gasteiger partial charge on any atom is 0.226 e. The van der Waals surface area contributed by atoms with Crippen LogP contribution in [0.5, 0.6) is 0 Å². The van der Waals surface area contributed by atoms with Gasteiger partial charge in [0.15, 0.2) is 5.65 Å². The molecule has 0 radical (unpaired) electrons. The summed E-state index contributed by atoms with van der Waals surface area (Å²) in [6, 6.07) is 0.538. The number of fused-ring (bicyclic) bond motifs is 1. The molecule has 21 heavy (non-hydrogen) atoms. The summed E-state index contributed by atoms with van der Waals surface area (Å²) in [5, 5.41) is 11.1. The van der Waals surface area contributed by atoms with Crippen LogP contribution in [0.3, 0.4) is 0 Å². The van der Waals surface area contributed by atoms with Gasteiger partial charge in [-0.2, -0.15) is 15.1 Å². The molecule has 0 saturated heterocycles. The molecule has 2 N–H and O–H groups in total. The van der Waals surface area contributed by atoms with E-state index in [9.17, 15) is 0 Å². The van der Waals surface area contributed by atoms with Crippen molar-refractivity contribution >= 4 is 22.8 Å². The summed E-state index contributed by atoms with van der Waals surface area (Å²) >= 11 is 0. The molecule has 6 nitrogen and oxygen atoms in total. The molecule has 3 rings (SSSR count). The molecule has 0 amide bonds. The van der Waals surface area contributed by atoms with E-state index in [-0.39, 0.29) is 0 Å². The number of anilines is 2. The van der Waals surface area contributed by atoms with Gasteiger partial charge < -0.3 is 10.2 Å². The zero-order valence-corrected chi connectivity index (χ0v) is 13.3. The van der Waals surface area contributed by atoms with Crippen LogP contribution in [0.1, 0.15) is 39.5 Å². The molecule has 6 heteroatoms. The normalized spacial score (nSPS) is 18.9. The largest absolute Gasteiger partial charge is 0.357 e. The lowest BCUT2D eigenvalue weighted by molar-refractivity contribution is 0.222. The van der Waals surface area contributed by atoms with Gasteiger partial charge in [-0.3, -0.25) is 5.10 Å². The maximum absolute atomic E-state index is 4.65. The Morgan fingerprint density at radius 3 is 2.67 bits per heavy atom. The van der Waals surface area contributed by atoms with Crippen molar-refractivity contribution in [3.05, 3.63) is 6.20 Å². The van der Waals surface area contributed by atoms with E-state index in [0.717, 1.165) is 16.9 Å². The molecule has 0 atom stereocenters. The van der Waals surface area contributed by atoms with E-state index in [4.69, 9.17) is 0 Å². The van der Waals surface area contributed by atoms with Gasteiger partial charge >= 0.3 is 0 Å². The minimum atomic E-state index is 0.476. The van der Waals surface area contributed by atoms with Crippen molar-refractivity contribution in [3.8, 4) is 0 Å². The molecular weight excluding hydrogens is 264 g/mol. The first-order valence-electron chi connectivity index (χ1n) is 7.62. The van der Waals surface area contributed by atoms with Gasteiger partial charge in [-0.15, -0.1) is 0 Å². The summed E-state index contributed by atoms with van der Waals surface area (Å²) in [4.78, 5) is 11.3. The molecule has 2 heterocycles. The zero-order valence-electron chi connectivity index (χ0n) is 13.3. The quantitative estimate of drug-likeness (QED) is 0.909. The molecule has 1 aliphatic rings. The predicted octanol–water partition coefficient (Wildman–Crippen LogP) is 2.80. The second kappa shape index (κ2) is 5.16. The van der Waals surface area contributed by atoms with Crippen LogP contribution in [0.4, 0.5) is 11.8 Å². The van der Waals surface area contributed by atoms with Gasteiger partial charge in [0, 0.05) is 20.1 Å². The fourth-order valence-corrected chi connectivity index (χ4v) is 3.14. The van der Waals surface area contributed by atoms with Gasteiger partial charge in [-0.25, -0.2) is 0 Å². The molecule has 2 aromatic heterocycles. The van der Waals surface area contributed by atoms with Crippen molar-refractivity contribution in [2.24, 2.45) is 5.41 Å². The number of H-pyrrole nitrogens is 1. The first kappa shape index (κ1) is 14.1. The van der Waals surface area contributed by atoms with Crippen molar-refractivity contribution in [2.45, 2.75) is 45.6 Å². The fraction of sp³-hybridized carbons (Fsp3) is 0.667. The average Bonchev–Trinajstić information content (AvgIpc) is 2.93. The zero-order chi connectivity index (χ0) is 15.0. The maximum atomic E-state index is 4.65. The van der Waals surface area contributed by atoms with Crippen LogP contribution in [0.15, 0.2) is 6.20 Å². The number of aromatic amines is 1. The smallest absolute Gasteiger partial charge is 0.226 e. The monoisotopic (exact) mass is 288 g/mol. The second-order valence-corrected chi connectivity index (χ2v) is 6.76. The number of hydrogen-bond donors (Lipinski definition) is 2. The third-order valence-corrected chi connectivity index (χ3v) is 4.70. The first-order valence-corrected chi connectivity index (χ1v) is 7.62. The molecule has 2 aromatic rings. The third-order valence-electron chi connectivity index (χ3n) is 4.70. The Kier molecular flexibility index (Phi) is 3.47. The van der Waals surface area contributed by atoms with E-state index in [0.29, 0.717) is 17.4 Å². The highest BCUT2D eigenvalue weighted by molar-refractivity contribution is 5.87. The van der Waals surface area contributed by atoms with Gasteiger partial charge in [0.2, 0.25) is 5.95 Å². The van der Waals surface area contributed by atoms with Gasteiger partial charge in [-0.05, 0) is 31.1 Å². The van der Waals surface area contributed by atoms with E-state index in [1.165, 1.54) is 25.7 Å². The van der Waals surface area contributed by atoms with Gasteiger partial charge in [0.1, 0.15) is 5.82 Å². The molecule has 0 bridgehead atoms. The molecular formula is C15H24N6. The number of hydrogen-bond acceptors (Lipinski definition) is 5. The summed E-state index contributed by atoms with van der Waals surface area (Å²) in [7, 11) is 3.97. The van der Waals surface area contributed by atoms with Crippen LogP contribution in [0, 0.1) is 5.41 Å². The Labute approximate surface area is 125 Å². The van der Waals surface area contributed by atoms with Crippen molar-refractivity contribution in [1.29, 1.82) is 0 Å². The van der Waals surface area contributed by atoms with Crippen LogP contribution in [-0.4, -0.2) is 40.3 Å². The number of rotatable bonds is 3. The summed E-state index contributed by atoms with van der Waals surface area (Å²) in [5.41, 5.74) is 1.26.